The summed E-state index contributed by atoms with van der Waals surface area (Å²) >= 11 is 5.90. The summed E-state index contributed by atoms with van der Waals surface area (Å²) in [5.74, 6) is 0.630. The highest BCUT2D eigenvalue weighted by Crippen LogP contribution is 2.22. The maximum Gasteiger partial charge on any atom is 0.414 e. The van der Waals surface area contributed by atoms with E-state index in [9.17, 15) is 9.59 Å². The van der Waals surface area contributed by atoms with Crippen molar-refractivity contribution >= 4 is 41.0 Å². The van der Waals surface area contributed by atoms with Crippen LogP contribution < -0.4 is 5.43 Å². The number of urea groups is 1. The van der Waals surface area contributed by atoms with E-state index in [1.54, 1.807) is 31.3 Å². The average Bonchev–Trinajstić information content (AvgIpc) is 2.97. The largest absolute Gasteiger partial charge is 0.414 e. The molecule has 3 aliphatic heterocycles. The maximum atomic E-state index is 13.0. The number of nitrogens with one attached hydrogen (secondary N) is 1. The summed E-state index contributed by atoms with van der Waals surface area (Å²) in [5, 5.41) is 4.74. The lowest BCUT2D eigenvalue weighted by molar-refractivity contribution is -0.524. The van der Waals surface area contributed by atoms with Crippen LogP contribution in [-0.2, 0) is 11.3 Å². The number of halogens is 1. The quantitative estimate of drug-likeness (QED) is 0.795. The van der Waals surface area contributed by atoms with Gasteiger partial charge < -0.3 is 0 Å². The first-order valence-electron chi connectivity index (χ1n) is 7.80. The highest BCUT2D eigenvalue weighted by atomic mass is 35.5. The minimum Gasteiger partial charge on any atom is -0.270 e. The number of carbonyl (C=O) groups excluding carboxylic acids is 2. The van der Waals surface area contributed by atoms with Gasteiger partial charge in [0.1, 0.15) is 6.54 Å². The Morgan fingerprint density at radius 2 is 2.04 bits per heavy atom. The van der Waals surface area contributed by atoms with Crippen LogP contribution in [0.15, 0.2) is 34.4 Å². The molecular formula is C16H16ClN6O2+. The molecule has 128 valence electrons. The zero-order chi connectivity index (χ0) is 17.7. The number of amidine groups is 1. The van der Waals surface area contributed by atoms with Crippen LogP contribution in [0.4, 0.5) is 4.79 Å². The van der Waals surface area contributed by atoms with Crippen molar-refractivity contribution in [1.82, 2.24) is 15.2 Å². The number of hydrazone groups is 1. The van der Waals surface area contributed by atoms with Crippen molar-refractivity contribution in [2.75, 3.05) is 13.6 Å². The first kappa shape index (κ1) is 15.8. The number of amides is 3. The van der Waals surface area contributed by atoms with E-state index >= 15 is 0 Å². The average molecular weight is 360 g/mol. The molecule has 0 saturated carbocycles. The van der Waals surface area contributed by atoms with E-state index in [1.165, 1.54) is 9.80 Å². The van der Waals surface area contributed by atoms with Crippen molar-refractivity contribution in [2.45, 2.75) is 19.5 Å². The molecule has 0 aromatic heterocycles. The number of fused-ring (bicyclic) bond motifs is 2. The van der Waals surface area contributed by atoms with Gasteiger partial charge in [-0.3, -0.25) is 14.6 Å². The van der Waals surface area contributed by atoms with Crippen LogP contribution in [0, 0.1) is 0 Å². The van der Waals surface area contributed by atoms with Crippen LogP contribution in [0.5, 0.6) is 0 Å². The molecular weight excluding hydrogens is 344 g/mol. The van der Waals surface area contributed by atoms with Gasteiger partial charge in [0.15, 0.2) is 0 Å². The second kappa shape index (κ2) is 5.66. The normalized spacial score (nSPS) is 22.4. The molecule has 3 heterocycles. The summed E-state index contributed by atoms with van der Waals surface area (Å²) in [6.45, 7) is 2.55. The van der Waals surface area contributed by atoms with Gasteiger partial charge in [0.05, 0.1) is 12.3 Å². The van der Waals surface area contributed by atoms with Gasteiger partial charge >= 0.3 is 12.0 Å². The Morgan fingerprint density at radius 1 is 1.32 bits per heavy atom. The Bertz CT molecular complexity index is 873. The third-order valence-corrected chi connectivity index (χ3v) is 4.66. The highest BCUT2D eigenvalue weighted by Gasteiger charge is 2.53. The predicted molar refractivity (Wildman–Crippen MR) is 92.8 cm³/mol. The van der Waals surface area contributed by atoms with Crippen molar-refractivity contribution in [3.05, 3.63) is 34.9 Å². The third-order valence-electron chi connectivity index (χ3n) is 4.41. The number of benzene rings is 1. The predicted octanol–water partition coefficient (Wildman–Crippen LogP) is 0.862. The number of hydrogen-bond acceptors (Lipinski definition) is 5. The molecule has 1 atom stereocenters. The lowest BCUT2D eigenvalue weighted by atomic mass is 10.1. The Morgan fingerprint density at radius 3 is 2.76 bits per heavy atom. The van der Waals surface area contributed by atoms with Crippen LogP contribution in [0.25, 0.3) is 0 Å². The van der Waals surface area contributed by atoms with Crippen molar-refractivity contribution < 1.29 is 14.2 Å². The first-order chi connectivity index (χ1) is 12.0. The summed E-state index contributed by atoms with van der Waals surface area (Å²) in [7, 11) is 1.63. The molecule has 1 aromatic carbocycles. The monoisotopic (exact) mass is 359 g/mol. The second-order valence-electron chi connectivity index (χ2n) is 6.18. The molecule has 25 heavy (non-hydrogen) atoms. The van der Waals surface area contributed by atoms with Crippen LogP contribution in [-0.4, -0.2) is 63.5 Å². The van der Waals surface area contributed by atoms with E-state index < -0.39 is 12.1 Å². The van der Waals surface area contributed by atoms with Crippen LogP contribution in [0.3, 0.4) is 0 Å². The highest BCUT2D eigenvalue weighted by molar-refractivity contribution is 6.30. The van der Waals surface area contributed by atoms with Crippen LogP contribution >= 0.6 is 11.6 Å². The summed E-state index contributed by atoms with van der Waals surface area (Å²) in [4.78, 5) is 32.8. The Kier molecular flexibility index (Phi) is 3.57. The summed E-state index contributed by atoms with van der Waals surface area (Å²) < 4.78 is 1.83. The van der Waals surface area contributed by atoms with E-state index in [4.69, 9.17) is 11.6 Å². The van der Waals surface area contributed by atoms with Crippen molar-refractivity contribution in [1.29, 1.82) is 0 Å². The molecule has 0 radical (unpaired) electrons. The van der Waals surface area contributed by atoms with Crippen LogP contribution in [0.1, 0.15) is 12.5 Å². The molecule has 3 aliphatic rings. The SMILES string of the molecule is CC1=NNC2=[N+](C1)C1C(=O)N(Cc3ccc(Cl)cc3)C(=O)N(C)C1=N2. The van der Waals surface area contributed by atoms with E-state index in [0.717, 1.165) is 11.3 Å². The molecule has 1 N–H and O–H groups in total. The summed E-state index contributed by atoms with van der Waals surface area (Å²) in [6, 6.07) is 6.07. The number of nitrogens with zero attached hydrogens (tertiary/aromatic N) is 5. The van der Waals surface area contributed by atoms with Crippen molar-refractivity contribution in [3.8, 4) is 0 Å². The zero-order valence-electron chi connectivity index (χ0n) is 13.7. The lowest BCUT2D eigenvalue weighted by Gasteiger charge is -2.34. The molecule has 8 nitrogen and oxygen atoms in total. The molecule has 1 saturated heterocycles. The Balaban J connectivity index is 1.66. The topological polar surface area (TPSA) is 80.4 Å². The first-order valence-corrected chi connectivity index (χ1v) is 8.18. The number of rotatable bonds is 2. The molecule has 1 fully saturated rings. The molecule has 1 unspecified atom stereocenters. The van der Waals surface area contributed by atoms with Gasteiger partial charge in [0.25, 0.3) is 5.91 Å². The second-order valence-corrected chi connectivity index (χ2v) is 6.61. The minimum atomic E-state index is -0.622. The smallest absolute Gasteiger partial charge is 0.270 e. The fourth-order valence-corrected chi connectivity index (χ4v) is 3.25. The van der Waals surface area contributed by atoms with Gasteiger partial charge in [-0.05, 0) is 24.6 Å². The Labute approximate surface area is 149 Å². The van der Waals surface area contributed by atoms with Crippen LogP contribution in [0.2, 0.25) is 5.02 Å². The van der Waals surface area contributed by atoms with Crippen molar-refractivity contribution in [3.63, 3.8) is 0 Å². The molecule has 1 aromatic rings. The number of carbonyl (C=O) groups is 2. The maximum absolute atomic E-state index is 13.0. The zero-order valence-corrected chi connectivity index (χ0v) is 14.5. The molecule has 3 amide bonds. The number of aliphatic imine (C=N–C) groups is 1. The summed E-state index contributed by atoms with van der Waals surface area (Å²) in [6.07, 6.45) is 0. The van der Waals surface area contributed by atoms with Gasteiger partial charge in [-0.15, -0.1) is 5.10 Å². The van der Waals surface area contributed by atoms with Gasteiger partial charge in [-0.1, -0.05) is 28.7 Å². The van der Waals surface area contributed by atoms with Crippen molar-refractivity contribution in [2.24, 2.45) is 10.1 Å². The van der Waals surface area contributed by atoms with E-state index in [-0.39, 0.29) is 12.5 Å². The van der Waals surface area contributed by atoms with Gasteiger partial charge in [-0.2, -0.15) is 5.43 Å². The molecule has 0 spiro atoms. The van der Waals surface area contributed by atoms with E-state index in [0.29, 0.717) is 23.4 Å². The standard InChI is InChI=1S/C16H15ClN6O2/c1-9-7-22-12-13(18-15(22)20-19-9)21(2)16(25)23(14(12)24)8-10-3-5-11(17)6-4-10/h3-6,12H,7-8H2,1-2H3/p+1. The van der Waals surface area contributed by atoms with Gasteiger partial charge in [-0.25, -0.2) is 9.37 Å². The van der Waals surface area contributed by atoms with E-state index in [1.807, 2.05) is 11.5 Å². The minimum absolute atomic E-state index is 0.187. The molecule has 9 heteroatoms. The fraction of sp³-hybridized carbons (Fsp3) is 0.312. The molecule has 0 aliphatic carbocycles. The Hall–Kier alpha value is -2.74. The summed E-state index contributed by atoms with van der Waals surface area (Å²) in [5.41, 5.74) is 4.51. The number of hydrogen-bond donors (Lipinski definition) is 1. The molecule has 4 rings (SSSR count). The van der Waals surface area contributed by atoms with Gasteiger partial charge in [0, 0.05) is 12.1 Å². The fourth-order valence-electron chi connectivity index (χ4n) is 3.12. The number of imide groups is 1. The third kappa shape index (κ3) is 2.49. The lowest BCUT2D eigenvalue weighted by Crippen LogP contribution is -2.63. The number of guanidine groups is 1. The number of likely N-dealkylation sites (N-methyl/N-ethyl adjacent to an activating group) is 1. The molecule has 0 bridgehead atoms. The van der Waals surface area contributed by atoms with E-state index in [2.05, 4.69) is 15.5 Å². The van der Waals surface area contributed by atoms with Gasteiger partial charge in [0.2, 0.25) is 11.9 Å².